The van der Waals surface area contributed by atoms with E-state index in [-0.39, 0.29) is 5.75 Å². The smallest absolute Gasteiger partial charge is 0.321 e. The van der Waals surface area contributed by atoms with Crippen molar-refractivity contribution in [3.8, 4) is 17.1 Å². The minimum absolute atomic E-state index is 0.0506. The van der Waals surface area contributed by atoms with E-state index in [0.29, 0.717) is 24.1 Å². The monoisotopic (exact) mass is 375 g/mol. The lowest BCUT2D eigenvalue weighted by molar-refractivity contribution is -0.117. The number of benzene rings is 1. The summed E-state index contributed by atoms with van der Waals surface area (Å²) in [5, 5.41) is 13.7. The molecule has 2 N–H and O–H groups in total. The lowest BCUT2D eigenvalue weighted by Gasteiger charge is -2.08. The number of allylic oxidation sites excluding steroid dienone is 1. The highest BCUT2D eigenvalue weighted by Gasteiger charge is 2.15. The Hall–Kier alpha value is -2.81. The van der Waals surface area contributed by atoms with Gasteiger partial charge in [-0.25, -0.2) is 4.79 Å². The molecule has 0 saturated heterocycles. The van der Waals surface area contributed by atoms with Crippen molar-refractivity contribution in [3.05, 3.63) is 36.9 Å². The van der Waals surface area contributed by atoms with Crippen LogP contribution in [-0.2, 0) is 11.3 Å². The van der Waals surface area contributed by atoms with Gasteiger partial charge in [0.1, 0.15) is 5.75 Å². The topological polar surface area (TPSA) is 98.1 Å². The van der Waals surface area contributed by atoms with E-state index < -0.39 is 11.9 Å². The molecule has 8 nitrogen and oxygen atoms in total. The lowest BCUT2D eigenvalue weighted by atomic mass is 10.2. The van der Waals surface area contributed by atoms with Gasteiger partial charge in [0.25, 0.3) is 0 Å². The zero-order valence-electron chi connectivity index (χ0n) is 14.7. The molecule has 138 valence electrons. The van der Waals surface area contributed by atoms with Crippen molar-refractivity contribution in [1.82, 2.24) is 25.4 Å². The zero-order valence-corrected chi connectivity index (χ0v) is 15.5. The van der Waals surface area contributed by atoms with E-state index in [1.54, 1.807) is 20.1 Å². The third-order valence-corrected chi connectivity index (χ3v) is 4.27. The molecule has 1 aromatic carbocycles. The maximum Gasteiger partial charge on any atom is 0.321 e. The Labute approximate surface area is 156 Å². The number of urea groups is 1. The van der Waals surface area contributed by atoms with Gasteiger partial charge in [-0.2, -0.15) is 0 Å². The zero-order chi connectivity index (χ0) is 18.9. The molecule has 2 rings (SSSR count). The predicted octanol–water partition coefficient (Wildman–Crippen LogP) is 2.08. The summed E-state index contributed by atoms with van der Waals surface area (Å²) >= 11 is 1.20. The molecule has 0 radical (unpaired) electrons. The first-order valence-corrected chi connectivity index (χ1v) is 8.96. The Bertz CT molecular complexity index is 773. The van der Waals surface area contributed by atoms with Crippen LogP contribution in [0.25, 0.3) is 11.4 Å². The van der Waals surface area contributed by atoms with E-state index in [0.717, 1.165) is 11.3 Å². The van der Waals surface area contributed by atoms with Crippen LogP contribution in [0.5, 0.6) is 5.75 Å². The standard InChI is InChI=1S/C17H21N5O3S/c1-4-10-22-15(12-6-8-13(25-3)9-7-12)20-21-17(22)26-11-14(23)19-16(24)18-5-2/h4,6-9H,1,5,10-11H2,2-3H3,(H2,18,19,23,24). The first-order chi connectivity index (χ1) is 12.6. The SMILES string of the molecule is C=CCn1c(SCC(=O)NC(=O)NCC)nnc1-c1ccc(OC)cc1. The summed E-state index contributed by atoms with van der Waals surface area (Å²) in [7, 11) is 1.61. The number of hydrogen-bond donors (Lipinski definition) is 2. The van der Waals surface area contributed by atoms with Crippen molar-refractivity contribution < 1.29 is 14.3 Å². The Balaban J connectivity index is 2.11. The van der Waals surface area contributed by atoms with Crippen LogP contribution in [-0.4, -0.2) is 46.1 Å². The molecule has 0 bridgehead atoms. The minimum Gasteiger partial charge on any atom is -0.497 e. The van der Waals surface area contributed by atoms with Crippen LogP contribution < -0.4 is 15.4 Å². The third-order valence-electron chi connectivity index (χ3n) is 3.30. The Morgan fingerprint density at radius 2 is 2.04 bits per heavy atom. The van der Waals surface area contributed by atoms with Crippen LogP contribution in [0.4, 0.5) is 4.79 Å². The molecule has 1 aromatic heterocycles. The van der Waals surface area contributed by atoms with Gasteiger partial charge in [-0.05, 0) is 31.2 Å². The second-order valence-corrected chi connectivity index (χ2v) is 6.07. The molecule has 0 spiro atoms. The average Bonchev–Trinajstić information content (AvgIpc) is 3.03. The van der Waals surface area contributed by atoms with E-state index in [9.17, 15) is 9.59 Å². The number of hydrogen-bond acceptors (Lipinski definition) is 6. The molecule has 0 aliphatic heterocycles. The number of carbonyl (C=O) groups excluding carboxylic acids is 2. The summed E-state index contributed by atoms with van der Waals surface area (Å²) in [6, 6.07) is 6.95. The van der Waals surface area contributed by atoms with Gasteiger partial charge < -0.3 is 10.1 Å². The molecule has 0 unspecified atom stereocenters. The molecule has 0 saturated carbocycles. The number of nitrogens with one attached hydrogen (secondary N) is 2. The number of methoxy groups -OCH3 is 1. The quantitative estimate of drug-likeness (QED) is 0.541. The van der Waals surface area contributed by atoms with Crippen LogP contribution in [0.15, 0.2) is 42.1 Å². The molecule has 26 heavy (non-hydrogen) atoms. The van der Waals surface area contributed by atoms with Crippen molar-refractivity contribution in [2.45, 2.75) is 18.6 Å². The van der Waals surface area contributed by atoms with Gasteiger partial charge in [0.15, 0.2) is 11.0 Å². The van der Waals surface area contributed by atoms with Gasteiger partial charge in [-0.15, -0.1) is 16.8 Å². The van der Waals surface area contributed by atoms with Gasteiger partial charge in [-0.1, -0.05) is 17.8 Å². The molecule has 0 aliphatic carbocycles. The molecular formula is C17H21N5O3S. The number of amides is 3. The van der Waals surface area contributed by atoms with E-state index in [2.05, 4.69) is 27.4 Å². The fourth-order valence-corrected chi connectivity index (χ4v) is 2.89. The molecule has 2 aromatic rings. The maximum absolute atomic E-state index is 11.8. The number of ether oxygens (including phenoxy) is 1. The highest BCUT2D eigenvalue weighted by molar-refractivity contribution is 7.99. The maximum atomic E-state index is 11.8. The summed E-state index contributed by atoms with van der Waals surface area (Å²) < 4.78 is 7.02. The van der Waals surface area contributed by atoms with E-state index in [4.69, 9.17) is 4.74 Å². The predicted molar refractivity (Wildman–Crippen MR) is 100 cm³/mol. The minimum atomic E-state index is -0.510. The van der Waals surface area contributed by atoms with Crippen molar-refractivity contribution >= 4 is 23.7 Å². The fourth-order valence-electron chi connectivity index (χ4n) is 2.14. The number of imide groups is 1. The second kappa shape index (κ2) is 9.62. The summed E-state index contributed by atoms with van der Waals surface area (Å²) in [5.74, 6) is 1.06. The highest BCUT2D eigenvalue weighted by atomic mass is 32.2. The number of rotatable bonds is 8. The second-order valence-electron chi connectivity index (χ2n) is 5.13. The van der Waals surface area contributed by atoms with Gasteiger partial charge in [0, 0.05) is 18.7 Å². The van der Waals surface area contributed by atoms with Crippen LogP contribution in [0.2, 0.25) is 0 Å². The summed E-state index contributed by atoms with van der Waals surface area (Å²) in [5.41, 5.74) is 0.874. The molecule has 0 fully saturated rings. The largest absolute Gasteiger partial charge is 0.497 e. The Morgan fingerprint density at radius 3 is 2.65 bits per heavy atom. The number of thioether (sulfide) groups is 1. The molecule has 1 heterocycles. The highest BCUT2D eigenvalue weighted by Crippen LogP contribution is 2.25. The van der Waals surface area contributed by atoms with Crippen LogP contribution in [0, 0.1) is 0 Å². The van der Waals surface area contributed by atoms with Crippen molar-refractivity contribution in [1.29, 1.82) is 0 Å². The van der Waals surface area contributed by atoms with Crippen molar-refractivity contribution in [2.75, 3.05) is 19.4 Å². The molecule has 0 aliphatic rings. The molecular weight excluding hydrogens is 354 g/mol. The van der Waals surface area contributed by atoms with E-state index >= 15 is 0 Å². The molecule has 9 heteroatoms. The molecule has 3 amide bonds. The van der Waals surface area contributed by atoms with Gasteiger partial charge >= 0.3 is 6.03 Å². The Morgan fingerprint density at radius 1 is 1.31 bits per heavy atom. The van der Waals surface area contributed by atoms with Crippen molar-refractivity contribution in [2.24, 2.45) is 0 Å². The van der Waals surface area contributed by atoms with E-state index in [1.807, 2.05) is 28.8 Å². The Kier molecular flexibility index (Phi) is 7.22. The lowest BCUT2D eigenvalue weighted by Crippen LogP contribution is -2.40. The summed E-state index contributed by atoms with van der Waals surface area (Å²) in [6.07, 6.45) is 1.73. The van der Waals surface area contributed by atoms with Gasteiger partial charge in [0.05, 0.1) is 12.9 Å². The number of aromatic nitrogens is 3. The van der Waals surface area contributed by atoms with E-state index in [1.165, 1.54) is 11.8 Å². The first kappa shape index (κ1) is 19.5. The van der Waals surface area contributed by atoms with Gasteiger partial charge in [0.2, 0.25) is 5.91 Å². The van der Waals surface area contributed by atoms with Crippen LogP contribution in [0.3, 0.4) is 0 Å². The first-order valence-electron chi connectivity index (χ1n) is 7.98. The fraction of sp³-hybridized carbons (Fsp3) is 0.294. The van der Waals surface area contributed by atoms with Crippen LogP contribution >= 0.6 is 11.8 Å². The summed E-state index contributed by atoms with van der Waals surface area (Å²) in [4.78, 5) is 23.2. The normalized spacial score (nSPS) is 10.2. The van der Waals surface area contributed by atoms with Crippen molar-refractivity contribution in [3.63, 3.8) is 0 Å². The van der Waals surface area contributed by atoms with Crippen LogP contribution in [0.1, 0.15) is 6.92 Å². The number of nitrogens with zero attached hydrogens (tertiary/aromatic N) is 3. The van der Waals surface area contributed by atoms with Gasteiger partial charge in [-0.3, -0.25) is 14.7 Å². The third kappa shape index (κ3) is 5.09. The summed E-state index contributed by atoms with van der Waals surface area (Å²) in [6.45, 7) is 6.48. The number of carbonyl (C=O) groups is 2. The average molecular weight is 375 g/mol. The molecule has 0 atom stereocenters.